The Hall–Kier alpha value is -0.970. The van der Waals surface area contributed by atoms with Crippen LogP contribution < -0.4 is 15.8 Å². The predicted molar refractivity (Wildman–Crippen MR) is 65.3 cm³/mol. The number of methoxy groups -OCH3 is 1. The first-order valence-electron chi connectivity index (χ1n) is 4.55. The highest BCUT2D eigenvalue weighted by molar-refractivity contribution is 6.36. The molecule has 0 aromatic heterocycles. The van der Waals surface area contributed by atoms with Gasteiger partial charge in [0.05, 0.1) is 28.9 Å². The zero-order valence-electron chi connectivity index (χ0n) is 8.88. The van der Waals surface area contributed by atoms with Crippen molar-refractivity contribution in [2.24, 2.45) is 5.73 Å². The lowest BCUT2D eigenvalue weighted by atomic mass is 10.2. The Kier molecular flexibility index (Phi) is 4.41. The molecule has 0 spiro atoms. The van der Waals surface area contributed by atoms with Crippen molar-refractivity contribution in [3.8, 4) is 5.75 Å². The molecule has 4 nitrogen and oxygen atoms in total. The van der Waals surface area contributed by atoms with Crippen LogP contribution in [0.3, 0.4) is 0 Å². The number of amides is 1. The molecule has 16 heavy (non-hydrogen) atoms. The van der Waals surface area contributed by atoms with E-state index in [9.17, 15) is 4.79 Å². The van der Waals surface area contributed by atoms with Gasteiger partial charge in [-0.1, -0.05) is 23.2 Å². The maximum absolute atomic E-state index is 11.4. The van der Waals surface area contributed by atoms with Crippen LogP contribution in [-0.2, 0) is 4.79 Å². The number of nitrogens with one attached hydrogen (secondary N) is 1. The van der Waals surface area contributed by atoms with Gasteiger partial charge in [0.1, 0.15) is 5.75 Å². The highest BCUT2D eigenvalue weighted by atomic mass is 35.5. The van der Waals surface area contributed by atoms with Gasteiger partial charge in [-0.25, -0.2) is 0 Å². The summed E-state index contributed by atoms with van der Waals surface area (Å²) >= 11 is 11.8. The summed E-state index contributed by atoms with van der Waals surface area (Å²) in [6.45, 7) is 1.58. The number of nitrogens with two attached hydrogens (primary N) is 1. The summed E-state index contributed by atoms with van der Waals surface area (Å²) < 4.78 is 4.98. The smallest absolute Gasteiger partial charge is 0.241 e. The molecule has 0 aliphatic heterocycles. The van der Waals surface area contributed by atoms with Crippen molar-refractivity contribution < 1.29 is 9.53 Å². The van der Waals surface area contributed by atoms with Crippen molar-refractivity contribution in [2.75, 3.05) is 12.4 Å². The predicted octanol–water partition coefficient (Wildman–Crippen LogP) is 2.29. The van der Waals surface area contributed by atoms with Crippen molar-refractivity contribution in [3.63, 3.8) is 0 Å². The summed E-state index contributed by atoms with van der Waals surface area (Å²) in [5.41, 5.74) is 5.83. The average Bonchev–Trinajstić information content (AvgIpc) is 2.22. The molecule has 1 aromatic carbocycles. The maximum Gasteiger partial charge on any atom is 0.241 e. The lowest BCUT2D eigenvalue weighted by molar-refractivity contribution is -0.117. The van der Waals surface area contributed by atoms with Gasteiger partial charge in [0.2, 0.25) is 5.91 Å². The van der Waals surface area contributed by atoms with E-state index in [2.05, 4.69) is 5.32 Å². The second kappa shape index (κ2) is 5.39. The molecule has 0 bridgehead atoms. The topological polar surface area (TPSA) is 64.3 Å². The molecule has 0 heterocycles. The Morgan fingerprint density at radius 2 is 2.06 bits per heavy atom. The Labute approximate surface area is 104 Å². The first-order valence-corrected chi connectivity index (χ1v) is 5.30. The summed E-state index contributed by atoms with van der Waals surface area (Å²) in [5.74, 6) is 0.119. The van der Waals surface area contributed by atoms with Crippen molar-refractivity contribution in [2.45, 2.75) is 13.0 Å². The fraction of sp³-hybridized carbons (Fsp3) is 0.300. The van der Waals surface area contributed by atoms with Crippen LogP contribution in [0.2, 0.25) is 10.0 Å². The molecule has 0 radical (unpaired) electrons. The number of carbonyl (C=O) groups is 1. The van der Waals surface area contributed by atoms with Crippen molar-refractivity contribution in [1.82, 2.24) is 0 Å². The molecule has 0 saturated heterocycles. The highest BCUT2D eigenvalue weighted by Crippen LogP contribution is 2.33. The molecule has 3 N–H and O–H groups in total. The summed E-state index contributed by atoms with van der Waals surface area (Å²) in [5, 5.41) is 3.28. The van der Waals surface area contributed by atoms with Gasteiger partial charge in [0.25, 0.3) is 0 Å². The summed E-state index contributed by atoms with van der Waals surface area (Å²) in [4.78, 5) is 11.4. The van der Waals surface area contributed by atoms with Gasteiger partial charge in [-0.3, -0.25) is 4.79 Å². The molecule has 6 heteroatoms. The van der Waals surface area contributed by atoms with Crippen LogP contribution in [-0.4, -0.2) is 19.1 Å². The molecule has 0 aliphatic rings. The van der Waals surface area contributed by atoms with Crippen molar-refractivity contribution in [1.29, 1.82) is 0 Å². The second-order valence-electron chi connectivity index (χ2n) is 3.24. The fourth-order valence-corrected chi connectivity index (χ4v) is 1.47. The molecule has 1 amide bonds. The lowest BCUT2D eigenvalue weighted by Crippen LogP contribution is -2.32. The van der Waals surface area contributed by atoms with Crippen LogP contribution in [0.1, 0.15) is 6.92 Å². The van der Waals surface area contributed by atoms with E-state index in [0.29, 0.717) is 21.5 Å². The average molecular weight is 263 g/mol. The zero-order valence-corrected chi connectivity index (χ0v) is 10.4. The molecule has 0 aliphatic carbocycles. The largest absolute Gasteiger partial charge is 0.495 e. The zero-order chi connectivity index (χ0) is 12.3. The van der Waals surface area contributed by atoms with Crippen LogP contribution in [0, 0.1) is 0 Å². The Balaban J connectivity index is 2.98. The van der Waals surface area contributed by atoms with Crippen LogP contribution in [0.4, 0.5) is 5.69 Å². The number of hydrogen-bond donors (Lipinski definition) is 2. The van der Waals surface area contributed by atoms with Crippen molar-refractivity contribution in [3.05, 3.63) is 22.2 Å². The molecular formula is C10H12Cl2N2O2. The molecule has 1 atom stereocenters. The Morgan fingerprint density at radius 1 is 1.44 bits per heavy atom. The first kappa shape index (κ1) is 13.1. The van der Waals surface area contributed by atoms with E-state index in [1.807, 2.05) is 0 Å². The van der Waals surface area contributed by atoms with Gasteiger partial charge in [-0.15, -0.1) is 0 Å². The quantitative estimate of drug-likeness (QED) is 0.879. The van der Waals surface area contributed by atoms with Crippen LogP contribution in [0.15, 0.2) is 12.1 Å². The third-order valence-electron chi connectivity index (χ3n) is 1.91. The Morgan fingerprint density at radius 3 is 2.56 bits per heavy atom. The SMILES string of the molecule is COc1cc(Cl)c(NC(=O)C(C)N)cc1Cl. The van der Waals surface area contributed by atoms with Gasteiger partial charge in [-0.2, -0.15) is 0 Å². The summed E-state index contributed by atoms with van der Waals surface area (Å²) in [6.07, 6.45) is 0. The van der Waals surface area contributed by atoms with Gasteiger partial charge >= 0.3 is 0 Å². The van der Waals surface area contributed by atoms with E-state index in [4.69, 9.17) is 33.7 Å². The van der Waals surface area contributed by atoms with E-state index in [1.165, 1.54) is 19.2 Å². The summed E-state index contributed by atoms with van der Waals surface area (Å²) in [6, 6.07) is 2.43. The molecule has 1 rings (SSSR count). The minimum absolute atomic E-state index is 0.330. The van der Waals surface area contributed by atoms with E-state index in [0.717, 1.165) is 0 Å². The van der Waals surface area contributed by atoms with Crippen LogP contribution >= 0.6 is 23.2 Å². The fourth-order valence-electron chi connectivity index (χ4n) is 1.03. The number of ether oxygens (including phenoxy) is 1. The number of rotatable bonds is 3. The van der Waals surface area contributed by atoms with E-state index < -0.39 is 6.04 Å². The number of halogens is 2. The van der Waals surface area contributed by atoms with Crippen LogP contribution in [0.25, 0.3) is 0 Å². The van der Waals surface area contributed by atoms with E-state index in [1.54, 1.807) is 6.92 Å². The number of carbonyl (C=O) groups excluding carboxylic acids is 1. The molecule has 88 valence electrons. The molecule has 1 unspecified atom stereocenters. The maximum atomic E-state index is 11.4. The van der Waals surface area contributed by atoms with E-state index >= 15 is 0 Å². The normalized spacial score (nSPS) is 12.1. The molecule has 0 fully saturated rings. The molecule has 1 aromatic rings. The lowest BCUT2D eigenvalue weighted by Gasteiger charge is -2.11. The van der Waals surface area contributed by atoms with E-state index in [-0.39, 0.29) is 5.91 Å². The number of anilines is 1. The number of hydrogen-bond acceptors (Lipinski definition) is 3. The van der Waals surface area contributed by atoms with Gasteiger partial charge in [0, 0.05) is 6.07 Å². The minimum atomic E-state index is -0.614. The third kappa shape index (κ3) is 3.01. The minimum Gasteiger partial charge on any atom is -0.495 e. The monoisotopic (exact) mass is 262 g/mol. The first-order chi connectivity index (χ1) is 7.45. The van der Waals surface area contributed by atoms with Gasteiger partial charge < -0.3 is 15.8 Å². The van der Waals surface area contributed by atoms with Crippen molar-refractivity contribution >= 4 is 34.8 Å². The highest BCUT2D eigenvalue weighted by Gasteiger charge is 2.12. The Bertz CT molecular complexity index is 408. The number of benzene rings is 1. The molecular weight excluding hydrogens is 251 g/mol. The second-order valence-corrected chi connectivity index (χ2v) is 4.06. The van der Waals surface area contributed by atoms with Gasteiger partial charge in [0.15, 0.2) is 0 Å². The summed E-state index contributed by atoms with van der Waals surface area (Å²) in [7, 11) is 1.48. The van der Waals surface area contributed by atoms with Crippen LogP contribution in [0.5, 0.6) is 5.75 Å². The third-order valence-corrected chi connectivity index (χ3v) is 2.52. The standard InChI is InChI=1S/C10H12Cl2N2O2/c1-5(13)10(15)14-8-3-7(12)9(16-2)4-6(8)11/h3-5H,13H2,1-2H3,(H,14,15). The van der Waals surface area contributed by atoms with Gasteiger partial charge in [-0.05, 0) is 13.0 Å². The molecule has 0 saturated carbocycles.